The first-order valence-electron chi connectivity index (χ1n) is 11.6. The van der Waals surface area contributed by atoms with E-state index >= 15 is 0 Å². The number of nitrogens with zero attached hydrogens (tertiary/aromatic N) is 4. The Morgan fingerprint density at radius 1 is 0.829 bits per heavy atom. The minimum atomic E-state index is -0.223. The molecule has 0 atom stereocenters. The van der Waals surface area contributed by atoms with Crippen LogP contribution in [-0.2, 0) is 0 Å². The smallest absolute Gasteiger partial charge is 0.255 e. The molecule has 0 spiro atoms. The maximum atomic E-state index is 13.2. The number of benzene rings is 2. The molecular formula is C27H25Cl3N4O. The molecule has 8 heteroatoms. The van der Waals surface area contributed by atoms with E-state index in [0.717, 1.165) is 42.9 Å². The third-order valence-electron chi connectivity index (χ3n) is 6.54. The summed E-state index contributed by atoms with van der Waals surface area (Å²) in [7, 11) is 0. The largest absolute Gasteiger partial charge is 0.354 e. The highest BCUT2D eigenvalue weighted by Crippen LogP contribution is 2.36. The van der Waals surface area contributed by atoms with Crippen molar-refractivity contribution < 1.29 is 0 Å². The third-order valence-corrected chi connectivity index (χ3v) is 7.48. The summed E-state index contributed by atoms with van der Waals surface area (Å²) in [6.07, 6.45) is 0. The van der Waals surface area contributed by atoms with Crippen LogP contribution < -0.4 is 10.5 Å². The summed E-state index contributed by atoms with van der Waals surface area (Å²) in [5.74, 6) is 0.790. The number of aromatic nitrogens is 2. The van der Waals surface area contributed by atoms with Crippen LogP contribution in [-0.4, -0.2) is 46.7 Å². The van der Waals surface area contributed by atoms with Crippen molar-refractivity contribution in [3.63, 3.8) is 0 Å². The fourth-order valence-corrected chi connectivity index (χ4v) is 5.44. The molecule has 5 nitrogen and oxygen atoms in total. The Kier molecular flexibility index (Phi) is 6.78. The molecule has 3 heterocycles. The van der Waals surface area contributed by atoms with E-state index in [2.05, 4.69) is 23.6 Å². The average Bonchev–Trinajstić information content (AvgIpc) is 2.85. The Hall–Kier alpha value is -2.57. The van der Waals surface area contributed by atoms with Crippen molar-refractivity contribution in [2.75, 3.05) is 31.1 Å². The second-order valence-corrected chi connectivity index (χ2v) is 10.2. The molecule has 0 aliphatic carbocycles. The standard InChI is InChI=1S/C27H25Cl3N4O/c1-17(2)32-12-14-33(15-13-32)24-16-23-19(26(31-24)18-6-3-4-7-20(18)28)10-11-25(35)34(23)27-21(29)8-5-9-22(27)30/h3-11,16-17H,12-15H2,1-2H3. The second kappa shape index (κ2) is 9.82. The van der Waals surface area contributed by atoms with Gasteiger partial charge in [0.25, 0.3) is 5.56 Å². The van der Waals surface area contributed by atoms with Gasteiger partial charge in [-0.25, -0.2) is 4.98 Å². The number of fused-ring (bicyclic) bond motifs is 1. The van der Waals surface area contributed by atoms with E-state index in [1.807, 2.05) is 30.3 Å². The van der Waals surface area contributed by atoms with Gasteiger partial charge in [0.2, 0.25) is 0 Å². The lowest BCUT2D eigenvalue weighted by molar-refractivity contribution is 0.209. The van der Waals surface area contributed by atoms with Crippen molar-refractivity contribution in [3.8, 4) is 16.9 Å². The van der Waals surface area contributed by atoms with Crippen LogP contribution in [0.1, 0.15) is 13.8 Å². The van der Waals surface area contributed by atoms with Crippen molar-refractivity contribution >= 4 is 51.5 Å². The summed E-state index contributed by atoms with van der Waals surface area (Å²) in [5.41, 5.74) is 2.43. The van der Waals surface area contributed by atoms with Crippen LogP contribution in [0.4, 0.5) is 5.82 Å². The van der Waals surface area contributed by atoms with Gasteiger partial charge in [0, 0.05) is 60.3 Å². The van der Waals surface area contributed by atoms with E-state index in [-0.39, 0.29) is 5.56 Å². The van der Waals surface area contributed by atoms with Crippen LogP contribution in [0.3, 0.4) is 0 Å². The number of hydrogen-bond acceptors (Lipinski definition) is 4. The van der Waals surface area contributed by atoms with E-state index in [4.69, 9.17) is 39.8 Å². The Bertz CT molecular complexity index is 1440. The molecule has 0 radical (unpaired) electrons. The number of anilines is 1. The lowest BCUT2D eigenvalue weighted by atomic mass is 10.1. The molecule has 1 aliphatic heterocycles. The van der Waals surface area contributed by atoms with Crippen LogP contribution in [0, 0.1) is 0 Å². The average molecular weight is 528 g/mol. The number of para-hydroxylation sites is 1. The maximum Gasteiger partial charge on any atom is 0.255 e. The summed E-state index contributed by atoms with van der Waals surface area (Å²) < 4.78 is 1.58. The number of halogens is 3. The normalized spacial score (nSPS) is 14.7. The van der Waals surface area contributed by atoms with Gasteiger partial charge in [-0.05, 0) is 38.1 Å². The van der Waals surface area contributed by atoms with Gasteiger partial charge in [0.15, 0.2) is 0 Å². The van der Waals surface area contributed by atoms with Crippen LogP contribution in [0.2, 0.25) is 15.1 Å². The lowest BCUT2D eigenvalue weighted by Gasteiger charge is -2.37. The van der Waals surface area contributed by atoms with E-state index in [1.54, 1.807) is 28.8 Å². The van der Waals surface area contributed by atoms with Crippen LogP contribution >= 0.6 is 34.8 Å². The Labute approximate surface area is 219 Å². The third kappa shape index (κ3) is 4.54. The number of piperazine rings is 1. The summed E-state index contributed by atoms with van der Waals surface area (Å²) >= 11 is 19.7. The molecular weight excluding hydrogens is 503 g/mol. The molecule has 35 heavy (non-hydrogen) atoms. The van der Waals surface area contributed by atoms with Crippen molar-refractivity contribution in [1.82, 2.24) is 14.5 Å². The highest BCUT2D eigenvalue weighted by atomic mass is 35.5. The minimum absolute atomic E-state index is 0.223. The number of hydrogen-bond donors (Lipinski definition) is 0. The van der Waals surface area contributed by atoms with Crippen LogP contribution in [0.15, 0.2) is 65.5 Å². The van der Waals surface area contributed by atoms with E-state index in [0.29, 0.717) is 38.0 Å². The molecule has 0 amide bonds. The molecule has 2 aromatic heterocycles. The first-order chi connectivity index (χ1) is 16.8. The van der Waals surface area contributed by atoms with Gasteiger partial charge in [0.1, 0.15) is 5.82 Å². The molecule has 5 rings (SSSR count). The zero-order valence-electron chi connectivity index (χ0n) is 19.5. The monoisotopic (exact) mass is 526 g/mol. The predicted molar refractivity (Wildman–Crippen MR) is 147 cm³/mol. The van der Waals surface area contributed by atoms with Gasteiger partial charge in [-0.2, -0.15) is 0 Å². The Morgan fingerprint density at radius 3 is 2.14 bits per heavy atom. The predicted octanol–water partition coefficient (Wildman–Crippen LogP) is 6.54. The summed E-state index contributed by atoms with van der Waals surface area (Å²) in [5, 5.41) is 2.18. The summed E-state index contributed by atoms with van der Waals surface area (Å²) in [6.45, 7) is 7.98. The quantitative estimate of drug-likeness (QED) is 0.302. The summed E-state index contributed by atoms with van der Waals surface area (Å²) in [6, 6.07) is 18.6. The Morgan fingerprint density at radius 2 is 1.49 bits per heavy atom. The van der Waals surface area contributed by atoms with E-state index in [9.17, 15) is 4.79 Å². The SMILES string of the molecule is CC(C)N1CCN(c2cc3c(ccc(=O)n3-c3c(Cl)cccc3Cl)c(-c3ccccc3Cl)n2)CC1. The lowest BCUT2D eigenvalue weighted by Crippen LogP contribution is -2.49. The molecule has 0 bridgehead atoms. The minimum Gasteiger partial charge on any atom is -0.354 e. The van der Waals surface area contributed by atoms with Gasteiger partial charge in [-0.15, -0.1) is 0 Å². The zero-order valence-corrected chi connectivity index (χ0v) is 21.8. The van der Waals surface area contributed by atoms with Gasteiger partial charge in [0.05, 0.1) is 26.9 Å². The molecule has 1 saturated heterocycles. The van der Waals surface area contributed by atoms with Crippen molar-refractivity contribution in [3.05, 3.63) is 86.1 Å². The molecule has 180 valence electrons. The second-order valence-electron chi connectivity index (χ2n) is 8.94. The molecule has 0 unspecified atom stereocenters. The molecule has 2 aromatic carbocycles. The van der Waals surface area contributed by atoms with Gasteiger partial charge in [-0.3, -0.25) is 14.3 Å². The summed E-state index contributed by atoms with van der Waals surface area (Å²) in [4.78, 5) is 23.0. The van der Waals surface area contributed by atoms with Crippen molar-refractivity contribution in [2.24, 2.45) is 0 Å². The molecule has 4 aromatic rings. The molecule has 1 fully saturated rings. The van der Waals surface area contributed by atoms with E-state index in [1.165, 1.54) is 6.07 Å². The van der Waals surface area contributed by atoms with Gasteiger partial charge < -0.3 is 4.90 Å². The fourth-order valence-electron chi connectivity index (χ4n) is 4.65. The van der Waals surface area contributed by atoms with Crippen molar-refractivity contribution in [2.45, 2.75) is 19.9 Å². The zero-order chi connectivity index (χ0) is 24.7. The highest BCUT2D eigenvalue weighted by Gasteiger charge is 2.23. The van der Waals surface area contributed by atoms with Crippen LogP contribution in [0.5, 0.6) is 0 Å². The topological polar surface area (TPSA) is 41.4 Å². The van der Waals surface area contributed by atoms with Gasteiger partial charge >= 0.3 is 0 Å². The molecule has 0 saturated carbocycles. The maximum absolute atomic E-state index is 13.2. The van der Waals surface area contributed by atoms with E-state index < -0.39 is 0 Å². The first-order valence-corrected chi connectivity index (χ1v) is 12.7. The number of rotatable bonds is 4. The van der Waals surface area contributed by atoms with Gasteiger partial charge in [-0.1, -0.05) is 59.1 Å². The first kappa shape index (κ1) is 24.1. The molecule has 1 aliphatic rings. The fraction of sp³-hybridized carbons (Fsp3) is 0.259. The molecule has 0 N–H and O–H groups in total. The van der Waals surface area contributed by atoms with Crippen LogP contribution in [0.25, 0.3) is 27.8 Å². The highest BCUT2D eigenvalue weighted by molar-refractivity contribution is 6.38. The Balaban J connectivity index is 1.78. The number of pyridine rings is 2. The van der Waals surface area contributed by atoms with Crippen molar-refractivity contribution in [1.29, 1.82) is 0 Å².